The van der Waals surface area contributed by atoms with Crippen molar-refractivity contribution < 1.29 is 22.8 Å². The second-order valence-corrected chi connectivity index (χ2v) is 8.16. The number of benzene rings is 1. The highest BCUT2D eigenvalue weighted by molar-refractivity contribution is 7.22. The molecule has 0 radical (unpaired) electrons. The zero-order valence-electron chi connectivity index (χ0n) is 15.9. The summed E-state index contributed by atoms with van der Waals surface area (Å²) in [5.41, 5.74) is 4.36. The van der Waals surface area contributed by atoms with Gasteiger partial charge in [0.05, 0.1) is 15.8 Å². The number of piperidine rings is 1. The number of halogens is 3. The van der Waals surface area contributed by atoms with Crippen LogP contribution in [0, 0.1) is 5.92 Å². The number of anilines is 1. The van der Waals surface area contributed by atoms with Crippen molar-refractivity contribution >= 4 is 44.2 Å². The molecule has 2 aliphatic rings. The van der Waals surface area contributed by atoms with Crippen molar-refractivity contribution in [3.63, 3.8) is 0 Å². The number of hydrogen-bond donors (Lipinski definition) is 1. The maximum absolute atomic E-state index is 13.7. The smallest absolute Gasteiger partial charge is 0.374 e. The van der Waals surface area contributed by atoms with Crippen molar-refractivity contribution in [3.8, 4) is 0 Å². The molecule has 3 heterocycles. The Balaban J connectivity index is 1.70. The minimum absolute atomic E-state index is 0.0817. The number of likely N-dealkylation sites (tertiary alicyclic amines) is 1. The summed E-state index contributed by atoms with van der Waals surface area (Å²) < 4.78 is 41.9. The number of rotatable bonds is 3. The zero-order valence-corrected chi connectivity index (χ0v) is 16.8. The van der Waals surface area contributed by atoms with Crippen LogP contribution in [-0.4, -0.2) is 46.7 Å². The maximum Gasteiger partial charge on any atom is 0.436 e. The number of alkyl halides is 3. The topological polar surface area (TPSA) is 91.9 Å². The summed E-state index contributed by atoms with van der Waals surface area (Å²) in [5, 5.41) is 4.42. The van der Waals surface area contributed by atoms with Gasteiger partial charge in [-0.1, -0.05) is 23.5 Å². The highest BCUT2D eigenvalue weighted by Crippen LogP contribution is 2.37. The van der Waals surface area contributed by atoms with Crippen LogP contribution in [0.5, 0.6) is 0 Å². The average Bonchev–Trinajstić information content (AvgIpc) is 3.28. The first-order chi connectivity index (χ1) is 14.2. The van der Waals surface area contributed by atoms with E-state index >= 15 is 0 Å². The molecule has 4 rings (SSSR count). The van der Waals surface area contributed by atoms with E-state index < -0.39 is 29.3 Å². The summed E-state index contributed by atoms with van der Waals surface area (Å²) in [7, 11) is 0. The van der Waals surface area contributed by atoms with Gasteiger partial charge in [-0.2, -0.15) is 23.3 Å². The number of allylic oxidation sites excluding steroid dienone is 1. The molecule has 11 heteroatoms. The van der Waals surface area contributed by atoms with Crippen molar-refractivity contribution in [2.75, 3.05) is 18.1 Å². The molecule has 0 bridgehead atoms. The molecular weight excluding hydrogens is 419 g/mol. The number of nitrogens with two attached hydrogens (primary N) is 1. The van der Waals surface area contributed by atoms with E-state index in [2.05, 4.69) is 10.1 Å². The Morgan fingerprint density at radius 1 is 1.23 bits per heavy atom. The van der Waals surface area contributed by atoms with Crippen LogP contribution in [0.4, 0.5) is 18.3 Å². The fraction of sp³-hybridized carbons (Fsp3) is 0.368. The largest absolute Gasteiger partial charge is 0.436 e. The predicted molar refractivity (Wildman–Crippen MR) is 107 cm³/mol. The molecular formula is C19H18F3N5O2S. The number of carbonyl (C=O) groups excluding carboxylic acids is 2. The molecule has 0 saturated carbocycles. The SMILES string of the molecule is C/C(=C1/C(=O)N(c2nc3ccccc3s2)N=C1C(F)(F)F)N1CCC(C(N)=O)CC1. The summed E-state index contributed by atoms with van der Waals surface area (Å²) in [6.07, 6.45) is -3.95. The third-order valence-corrected chi connectivity index (χ3v) is 6.32. The lowest BCUT2D eigenvalue weighted by Crippen LogP contribution is -2.39. The summed E-state index contributed by atoms with van der Waals surface area (Å²) in [6.45, 7) is 2.14. The van der Waals surface area contributed by atoms with Crippen LogP contribution in [0.1, 0.15) is 19.8 Å². The summed E-state index contributed by atoms with van der Waals surface area (Å²) in [5.74, 6) is -1.60. The van der Waals surface area contributed by atoms with Crippen molar-refractivity contribution in [3.05, 3.63) is 35.5 Å². The molecule has 30 heavy (non-hydrogen) atoms. The molecule has 7 nitrogen and oxygen atoms in total. The van der Waals surface area contributed by atoms with Gasteiger partial charge in [0, 0.05) is 24.7 Å². The Morgan fingerprint density at radius 2 is 1.90 bits per heavy atom. The molecule has 158 valence electrons. The second-order valence-electron chi connectivity index (χ2n) is 7.15. The molecule has 0 spiro atoms. The van der Waals surface area contributed by atoms with E-state index in [9.17, 15) is 22.8 Å². The van der Waals surface area contributed by atoms with Gasteiger partial charge in [-0.15, -0.1) is 0 Å². The molecule has 0 unspecified atom stereocenters. The number of primary amides is 1. The normalized spacial score (nSPS) is 20.1. The Labute approximate surface area is 173 Å². The third kappa shape index (κ3) is 3.53. The van der Waals surface area contributed by atoms with Gasteiger partial charge in [-0.3, -0.25) is 9.59 Å². The van der Waals surface area contributed by atoms with Crippen LogP contribution in [-0.2, 0) is 9.59 Å². The summed E-state index contributed by atoms with van der Waals surface area (Å²) in [4.78, 5) is 30.3. The molecule has 1 saturated heterocycles. The van der Waals surface area contributed by atoms with E-state index in [4.69, 9.17) is 5.73 Å². The zero-order chi connectivity index (χ0) is 21.6. The van der Waals surface area contributed by atoms with Crippen molar-refractivity contribution in [2.45, 2.75) is 25.9 Å². The Morgan fingerprint density at radius 3 is 2.50 bits per heavy atom. The summed E-state index contributed by atoms with van der Waals surface area (Å²) >= 11 is 1.10. The minimum atomic E-state index is -4.80. The lowest BCUT2D eigenvalue weighted by Gasteiger charge is -2.33. The number of nitrogens with zero attached hydrogens (tertiary/aromatic N) is 4. The van der Waals surface area contributed by atoms with Gasteiger partial charge < -0.3 is 10.6 Å². The molecule has 2 N–H and O–H groups in total. The number of aromatic nitrogens is 1. The number of hydrogen-bond acceptors (Lipinski definition) is 6. The third-order valence-electron chi connectivity index (χ3n) is 5.31. The molecule has 2 aliphatic heterocycles. The van der Waals surface area contributed by atoms with Gasteiger partial charge in [0.1, 0.15) is 0 Å². The average molecular weight is 437 g/mol. The fourth-order valence-electron chi connectivity index (χ4n) is 3.66. The number of hydrazone groups is 1. The Hall–Kier alpha value is -2.95. The molecule has 0 atom stereocenters. The van der Waals surface area contributed by atoms with Crippen LogP contribution >= 0.6 is 11.3 Å². The highest BCUT2D eigenvalue weighted by atomic mass is 32.1. The first kappa shape index (κ1) is 20.3. The van der Waals surface area contributed by atoms with Crippen LogP contribution in [0.3, 0.4) is 0 Å². The number of amides is 2. The van der Waals surface area contributed by atoms with E-state index in [-0.39, 0.29) is 16.7 Å². The lowest BCUT2D eigenvalue weighted by atomic mass is 9.95. The van der Waals surface area contributed by atoms with Gasteiger partial charge in [0.15, 0.2) is 5.71 Å². The quantitative estimate of drug-likeness (QED) is 0.748. The molecule has 2 amide bonds. The van der Waals surface area contributed by atoms with Crippen molar-refractivity contribution in [1.29, 1.82) is 0 Å². The molecule has 2 aromatic rings. The van der Waals surface area contributed by atoms with E-state index in [0.29, 0.717) is 31.4 Å². The van der Waals surface area contributed by atoms with Gasteiger partial charge in [-0.25, -0.2) is 4.98 Å². The van der Waals surface area contributed by atoms with Crippen LogP contribution in [0.15, 0.2) is 40.6 Å². The first-order valence-electron chi connectivity index (χ1n) is 9.28. The maximum atomic E-state index is 13.7. The van der Waals surface area contributed by atoms with Gasteiger partial charge in [0.2, 0.25) is 11.0 Å². The van der Waals surface area contributed by atoms with E-state index in [0.717, 1.165) is 21.0 Å². The number of para-hydroxylation sites is 1. The van der Waals surface area contributed by atoms with Gasteiger partial charge >= 0.3 is 6.18 Å². The number of carbonyl (C=O) groups is 2. The predicted octanol–water partition coefficient (Wildman–Crippen LogP) is 3.03. The lowest BCUT2D eigenvalue weighted by molar-refractivity contribution is -0.123. The monoisotopic (exact) mass is 437 g/mol. The molecule has 1 fully saturated rings. The Bertz CT molecular complexity index is 1050. The van der Waals surface area contributed by atoms with Crippen molar-refractivity contribution in [1.82, 2.24) is 9.88 Å². The van der Waals surface area contributed by atoms with E-state index in [1.165, 1.54) is 6.92 Å². The van der Waals surface area contributed by atoms with Crippen molar-refractivity contribution in [2.24, 2.45) is 16.8 Å². The van der Waals surface area contributed by atoms with Crippen LogP contribution in [0.2, 0.25) is 0 Å². The standard InChI is InChI=1S/C19H18F3N5O2S/c1-10(26-8-6-11(7-9-26)16(23)28)14-15(19(20,21)22)25-27(17(14)29)18-24-12-4-2-3-5-13(12)30-18/h2-5,11H,6-9H2,1H3,(H2,23,28)/b14-10-. The fourth-order valence-corrected chi connectivity index (χ4v) is 4.58. The van der Waals surface area contributed by atoms with E-state index in [1.54, 1.807) is 29.2 Å². The number of thiazole rings is 1. The molecule has 0 aliphatic carbocycles. The van der Waals surface area contributed by atoms with Crippen LogP contribution in [0.25, 0.3) is 10.2 Å². The summed E-state index contributed by atoms with van der Waals surface area (Å²) in [6, 6.07) is 7.03. The van der Waals surface area contributed by atoms with Crippen LogP contribution < -0.4 is 10.7 Å². The highest BCUT2D eigenvalue weighted by Gasteiger charge is 2.49. The molecule has 1 aromatic carbocycles. The Kier molecular flexibility index (Phi) is 5.00. The van der Waals surface area contributed by atoms with Gasteiger partial charge in [-0.05, 0) is 31.9 Å². The number of fused-ring (bicyclic) bond motifs is 1. The molecule has 1 aromatic heterocycles. The van der Waals surface area contributed by atoms with Gasteiger partial charge in [0.25, 0.3) is 5.91 Å². The van der Waals surface area contributed by atoms with E-state index in [1.807, 2.05) is 0 Å². The second kappa shape index (κ2) is 7.38. The minimum Gasteiger partial charge on any atom is -0.374 e. The first-order valence-corrected chi connectivity index (χ1v) is 10.1.